The van der Waals surface area contributed by atoms with E-state index in [1.54, 1.807) is 0 Å². The van der Waals surface area contributed by atoms with Crippen molar-refractivity contribution in [2.75, 3.05) is 0 Å². The van der Waals surface area contributed by atoms with Crippen LogP contribution < -0.4 is 8.85 Å². The molecule has 0 aliphatic rings. The van der Waals surface area contributed by atoms with Gasteiger partial charge in [-0.05, 0) is 29.8 Å². The fourth-order valence-corrected chi connectivity index (χ4v) is 3.07. The zero-order valence-electron chi connectivity index (χ0n) is 12.6. The van der Waals surface area contributed by atoms with E-state index in [0.717, 1.165) is 17.1 Å². The Hall–Kier alpha value is -2.56. The molecule has 0 N–H and O–H groups in total. The van der Waals surface area contributed by atoms with Crippen LogP contribution in [0.15, 0.2) is 91.0 Å². The van der Waals surface area contributed by atoms with E-state index in [2.05, 4.69) is 0 Å². The normalized spacial score (nSPS) is 10.5. The van der Waals surface area contributed by atoms with Crippen LogP contribution in [0, 0.1) is 0 Å². The lowest BCUT2D eigenvalue weighted by Gasteiger charge is -2.16. The summed E-state index contributed by atoms with van der Waals surface area (Å²) in [4.78, 5) is 0. The van der Waals surface area contributed by atoms with E-state index < -0.39 is 9.53 Å². The predicted octanol–water partition coefficient (Wildman–Crippen LogP) is 4.35. The van der Waals surface area contributed by atoms with E-state index in [9.17, 15) is 0 Å². The second-order valence-electron chi connectivity index (χ2n) is 4.85. The van der Waals surface area contributed by atoms with Crippen molar-refractivity contribution >= 4 is 9.53 Å². The zero-order chi connectivity index (χ0) is 15.7. The first kappa shape index (κ1) is 15.3. The smallest absolute Gasteiger partial charge is 0.489 e. The van der Waals surface area contributed by atoms with Gasteiger partial charge in [-0.1, -0.05) is 66.7 Å². The summed E-state index contributed by atoms with van der Waals surface area (Å²) in [6.45, 7) is 0.453. The minimum atomic E-state index is -1.95. The van der Waals surface area contributed by atoms with Crippen molar-refractivity contribution in [3.05, 3.63) is 96.6 Å². The Morgan fingerprint density at radius 2 is 1.00 bits per heavy atom. The molecule has 115 valence electrons. The average Bonchev–Trinajstić information content (AvgIpc) is 2.62. The van der Waals surface area contributed by atoms with Crippen molar-refractivity contribution in [3.63, 3.8) is 0 Å². The fraction of sp³-hybridized carbons (Fsp3) is 0.0526. The molecule has 3 rings (SSSR count). The van der Waals surface area contributed by atoms with E-state index in [4.69, 9.17) is 13.3 Å². The van der Waals surface area contributed by atoms with Crippen molar-refractivity contribution < 1.29 is 13.3 Å². The molecule has 0 spiro atoms. The van der Waals surface area contributed by atoms with Gasteiger partial charge in [0.25, 0.3) is 0 Å². The molecule has 0 aromatic heterocycles. The maximum atomic E-state index is 5.90. The second kappa shape index (κ2) is 8.17. The molecule has 4 heteroatoms. The molecule has 0 bridgehead atoms. The Labute approximate surface area is 138 Å². The summed E-state index contributed by atoms with van der Waals surface area (Å²) in [7, 11) is -1.95. The maximum Gasteiger partial charge on any atom is 0.736 e. The van der Waals surface area contributed by atoms with Gasteiger partial charge in [0.15, 0.2) is 0 Å². The van der Waals surface area contributed by atoms with Gasteiger partial charge in [-0.2, -0.15) is 0 Å². The Bertz CT molecular complexity index is 648. The van der Waals surface area contributed by atoms with Crippen LogP contribution >= 0.6 is 0 Å². The number of benzene rings is 3. The Morgan fingerprint density at radius 1 is 0.565 bits per heavy atom. The van der Waals surface area contributed by atoms with Crippen molar-refractivity contribution in [2.24, 2.45) is 0 Å². The summed E-state index contributed by atoms with van der Waals surface area (Å²) in [5.74, 6) is 1.48. The minimum absolute atomic E-state index is 0.453. The molecule has 1 radical (unpaired) electrons. The SMILES string of the molecule is c1ccc(CO[Si](Oc2ccccc2)Oc2ccccc2)cc1. The van der Waals surface area contributed by atoms with E-state index >= 15 is 0 Å². The van der Waals surface area contributed by atoms with Crippen molar-refractivity contribution in [3.8, 4) is 11.5 Å². The molecule has 3 aromatic rings. The molecular weight excluding hydrogens is 304 g/mol. The highest BCUT2D eigenvalue weighted by Gasteiger charge is 2.25. The molecule has 0 unspecified atom stereocenters. The molecule has 0 heterocycles. The van der Waals surface area contributed by atoms with E-state index in [-0.39, 0.29) is 0 Å². The molecular formula is C19H17O3Si. The summed E-state index contributed by atoms with van der Waals surface area (Å²) in [5, 5.41) is 0. The van der Waals surface area contributed by atoms with Gasteiger partial charge in [0.05, 0.1) is 6.61 Å². The van der Waals surface area contributed by atoms with Crippen LogP contribution in [0.2, 0.25) is 0 Å². The van der Waals surface area contributed by atoms with Gasteiger partial charge in [-0.25, -0.2) is 0 Å². The Kier molecular flexibility index (Phi) is 5.45. The lowest BCUT2D eigenvalue weighted by Crippen LogP contribution is -2.33. The number of rotatable bonds is 7. The van der Waals surface area contributed by atoms with Crippen molar-refractivity contribution in [2.45, 2.75) is 6.61 Å². The molecule has 0 fully saturated rings. The van der Waals surface area contributed by atoms with Crippen LogP contribution in [0.3, 0.4) is 0 Å². The summed E-state index contributed by atoms with van der Waals surface area (Å²) in [6, 6.07) is 29.2. The number of hydrogen-bond donors (Lipinski definition) is 0. The fourth-order valence-electron chi connectivity index (χ4n) is 1.97. The highest BCUT2D eigenvalue weighted by Crippen LogP contribution is 2.15. The van der Waals surface area contributed by atoms with Crippen LogP contribution in [0.25, 0.3) is 0 Å². The third-order valence-electron chi connectivity index (χ3n) is 3.09. The molecule has 0 saturated heterocycles. The Balaban J connectivity index is 1.67. The van der Waals surface area contributed by atoms with Gasteiger partial charge in [0, 0.05) is 0 Å². The lowest BCUT2D eigenvalue weighted by atomic mass is 10.2. The van der Waals surface area contributed by atoms with Gasteiger partial charge in [0.2, 0.25) is 0 Å². The predicted molar refractivity (Wildman–Crippen MR) is 91.1 cm³/mol. The molecule has 0 saturated carbocycles. The minimum Gasteiger partial charge on any atom is -0.489 e. The van der Waals surface area contributed by atoms with E-state index in [0.29, 0.717) is 6.61 Å². The second-order valence-corrected chi connectivity index (χ2v) is 6.05. The molecule has 0 aliphatic heterocycles. The van der Waals surface area contributed by atoms with Crippen molar-refractivity contribution in [1.29, 1.82) is 0 Å². The van der Waals surface area contributed by atoms with Crippen LogP contribution in [-0.4, -0.2) is 9.53 Å². The zero-order valence-corrected chi connectivity index (χ0v) is 13.6. The first-order valence-corrected chi connectivity index (χ1v) is 8.62. The topological polar surface area (TPSA) is 27.7 Å². The highest BCUT2D eigenvalue weighted by molar-refractivity contribution is 6.38. The lowest BCUT2D eigenvalue weighted by molar-refractivity contribution is 0.191. The number of para-hydroxylation sites is 2. The summed E-state index contributed by atoms with van der Waals surface area (Å²) in [5.41, 5.74) is 1.09. The van der Waals surface area contributed by atoms with Gasteiger partial charge >= 0.3 is 9.53 Å². The monoisotopic (exact) mass is 321 g/mol. The first-order chi connectivity index (χ1) is 11.4. The summed E-state index contributed by atoms with van der Waals surface area (Å²) < 4.78 is 17.7. The van der Waals surface area contributed by atoms with Gasteiger partial charge in [-0.3, -0.25) is 0 Å². The first-order valence-electron chi connectivity index (χ1n) is 7.39. The van der Waals surface area contributed by atoms with Crippen LogP contribution in [0.1, 0.15) is 5.56 Å². The van der Waals surface area contributed by atoms with E-state index in [1.807, 2.05) is 91.0 Å². The Morgan fingerprint density at radius 3 is 1.48 bits per heavy atom. The average molecular weight is 321 g/mol. The third kappa shape index (κ3) is 4.98. The molecule has 3 nitrogen and oxygen atoms in total. The molecule has 0 aliphatic carbocycles. The van der Waals surface area contributed by atoms with Gasteiger partial charge < -0.3 is 13.3 Å². The summed E-state index contributed by atoms with van der Waals surface area (Å²) >= 11 is 0. The van der Waals surface area contributed by atoms with Crippen LogP contribution in [0.5, 0.6) is 11.5 Å². The molecule has 0 atom stereocenters. The van der Waals surface area contributed by atoms with Crippen LogP contribution in [-0.2, 0) is 11.0 Å². The number of hydrogen-bond acceptors (Lipinski definition) is 3. The van der Waals surface area contributed by atoms with E-state index in [1.165, 1.54) is 0 Å². The molecule has 0 amide bonds. The van der Waals surface area contributed by atoms with Gasteiger partial charge in [0.1, 0.15) is 11.5 Å². The third-order valence-corrected chi connectivity index (χ3v) is 4.27. The van der Waals surface area contributed by atoms with Gasteiger partial charge in [-0.15, -0.1) is 0 Å². The standard InChI is InChI=1S/C19H17O3Si/c1-4-10-17(11-5-1)16-20-23(21-18-12-6-2-7-13-18)22-19-14-8-3-9-15-19/h1-15H,16H2. The molecule has 3 aromatic carbocycles. The van der Waals surface area contributed by atoms with Crippen molar-refractivity contribution in [1.82, 2.24) is 0 Å². The highest BCUT2D eigenvalue weighted by atomic mass is 28.3. The molecule has 23 heavy (non-hydrogen) atoms. The maximum absolute atomic E-state index is 5.90. The quantitative estimate of drug-likeness (QED) is 0.606. The summed E-state index contributed by atoms with van der Waals surface area (Å²) in [6.07, 6.45) is 0. The van der Waals surface area contributed by atoms with Crippen LogP contribution in [0.4, 0.5) is 0 Å². The largest absolute Gasteiger partial charge is 0.736 e.